The van der Waals surface area contributed by atoms with Crippen LogP contribution in [0.25, 0.3) is 0 Å². The summed E-state index contributed by atoms with van der Waals surface area (Å²) >= 11 is 0. The largest absolute Gasteiger partial charge is 0.507 e. The van der Waals surface area contributed by atoms with Crippen LogP contribution in [0.5, 0.6) is 5.75 Å². The van der Waals surface area contributed by atoms with Crippen LogP contribution in [0, 0.1) is 0 Å². The number of hydrogen-bond donors (Lipinski definition) is 4. The minimum absolute atomic E-state index is 0.0331. The van der Waals surface area contributed by atoms with E-state index in [1.807, 2.05) is 30.3 Å². The van der Waals surface area contributed by atoms with Crippen LogP contribution in [-0.4, -0.2) is 42.8 Å². The molecule has 0 bridgehead atoms. The van der Waals surface area contributed by atoms with Crippen LogP contribution in [0.15, 0.2) is 82.6 Å². The first kappa shape index (κ1) is 22.5. The minimum atomic E-state index is -3.92. The molecule has 0 heterocycles. The third-order valence-electron chi connectivity index (χ3n) is 4.85. The van der Waals surface area contributed by atoms with Gasteiger partial charge in [-0.1, -0.05) is 42.5 Å². The highest BCUT2D eigenvalue weighted by Crippen LogP contribution is 2.26. The molecule has 1 atom stereocenters. The van der Waals surface area contributed by atoms with Crippen molar-refractivity contribution in [2.75, 3.05) is 13.1 Å². The maximum Gasteiger partial charge on any atom is 0.339 e. The number of carbonyl (C=O) groups is 1. The normalized spacial score (nSPS) is 12.4. The predicted molar refractivity (Wildman–Crippen MR) is 115 cm³/mol. The molecule has 0 saturated heterocycles. The number of hydrogen-bond acceptors (Lipinski definition) is 6. The van der Waals surface area contributed by atoms with Crippen molar-refractivity contribution >= 4 is 15.8 Å². The molecule has 3 aromatic rings. The van der Waals surface area contributed by atoms with Crippen molar-refractivity contribution in [1.82, 2.24) is 5.32 Å². The van der Waals surface area contributed by atoms with Crippen LogP contribution in [0.3, 0.4) is 0 Å². The zero-order valence-corrected chi connectivity index (χ0v) is 17.4. The highest BCUT2D eigenvalue weighted by Gasteiger charge is 2.21. The molecular formula is C23H23NO6S. The van der Waals surface area contributed by atoms with Crippen molar-refractivity contribution in [2.45, 2.75) is 22.3 Å². The van der Waals surface area contributed by atoms with Gasteiger partial charge in [-0.15, -0.1) is 0 Å². The molecule has 0 unspecified atom stereocenters. The molecule has 8 heteroatoms. The van der Waals surface area contributed by atoms with Crippen molar-refractivity contribution in [1.29, 1.82) is 0 Å². The molecule has 31 heavy (non-hydrogen) atoms. The standard InChI is InChI=1S/C23H23NO6S/c25-21-11-10-19(14-20(21)23(27)28)31(29,30)18-8-6-16(7-9-18)12-13-24-15-22(26)17-4-2-1-3-5-17/h1-11,14,22,24-26H,12-13,15H2,(H,27,28)/t22-/m0/s1. The van der Waals surface area contributed by atoms with Crippen molar-refractivity contribution in [3.63, 3.8) is 0 Å². The molecule has 3 rings (SSSR count). The number of carboxylic acids is 1. The number of aromatic carboxylic acids is 1. The lowest BCUT2D eigenvalue weighted by Crippen LogP contribution is -2.23. The Kier molecular flexibility index (Phi) is 7.06. The summed E-state index contributed by atoms with van der Waals surface area (Å²) in [7, 11) is -3.92. The monoisotopic (exact) mass is 441 g/mol. The summed E-state index contributed by atoms with van der Waals surface area (Å²) in [5.74, 6) is -1.90. The van der Waals surface area contributed by atoms with Crippen molar-refractivity contribution in [2.24, 2.45) is 0 Å². The molecule has 0 aliphatic rings. The van der Waals surface area contributed by atoms with E-state index >= 15 is 0 Å². The summed E-state index contributed by atoms with van der Waals surface area (Å²) in [6.07, 6.45) is 0.0410. The molecule has 0 radical (unpaired) electrons. The molecule has 0 spiro atoms. The topological polar surface area (TPSA) is 124 Å². The van der Waals surface area contributed by atoms with Gasteiger partial charge in [-0.2, -0.15) is 0 Å². The van der Waals surface area contributed by atoms with E-state index < -0.39 is 33.2 Å². The fourth-order valence-electron chi connectivity index (χ4n) is 3.09. The molecule has 7 nitrogen and oxygen atoms in total. The van der Waals surface area contributed by atoms with Crippen molar-refractivity contribution in [3.8, 4) is 5.75 Å². The summed E-state index contributed by atoms with van der Waals surface area (Å²) in [6.45, 7) is 1.01. The third-order valence-corrected chi connectivity index (χ3v) is 6.62. The van der Waals surface area contributed by atoms with Gasteiger partial charge in [-0.05, 0) is 54.4 Å². The Labute approximate surface area is 180 Å². The first-order chi connectivity index (χ1) is 14.8. The molecule has 0 aliphatic heterocycles. The van der Waals surface area contributed by atoms with E-state index in [0.29, 0.717) is 19.5 Å². The maximum absolute atomic E-state index is 12.8. The zero-order valence-electron chi connectivity index (χ0n) is 16.6. The minimum Gasteiger partial charge on any atom is -0.507 e. The second kappa shape index (κ2) is 9.74. The van der Waals surface area contributed by atoms with Crippen LogP contribution in [-0.2, 0) is 16.3 Å². The molecular weight excluding hydrogens is 418 g/mol. The Hall–Kier alpha value is -3.20. The number of aliphatic hydroxyl groups excluding tert-OH is 1. The number of aromatic hydroxyl groups is 1. The van der Waals surface area contributed by atoms with Crippen LogP contribution < -0.4 is 5.32 Å². The van der Waals surface area contributed by atoms with Crippen LogP contribution >= 0.6 is 0 Å². The third kappa shape index (κ3) is 5.49. The second-order valence-electron chi connectivity index (χ2n) is 7.01. The summed E-state index contributed by atoms with van der Waals surface area (Å²) in [5, 5.41) is 32.0. The zero-order chi connectivity index (χ0) is 22.4. The lowest BCUT2D eigenvalue weighted by atomic mass is 10.1. The smallest absolute Gasteiger partial charge is 0.339 e. The highest BCUT2D eigenvalue weighted by molar-refractivity contribution is 7.91. The van der Waals surface area contributed by atoms with Gasteiger partial charge < -0.3 is 20.6 Å². The van der Waals surface area contributed by atoms with E-state index in [0.717, 1.165) is 23.3 Å². The van der Waals surface area contributed by atoms with E-state index in [1.54, 1.807) is 12.1 Å². The van der Waals surface area contributed by atoms with Gasteiger partial charge in [0.15, 0.2) is 0 Å². The Morgan fingerprint density at radius 3 is 2.23 bits per heavy atom. The number of nitrogens with one attached hydrogen (secondary N) is 1. The molecule has 0 aliphatic carbocycles. The average molecular weight is 442 g/mol. The average Bonchev–Trinajstić information content (AvgIpc) is 2.77. The van der Waals surface area contributed by atoms with Gasteiger partial charge in [-0.25, -0.2) is 13.2 Å². The quantitative estimate of drug-likeness (QED) is 0.377. The lowest BCUT2D eigenvalue weighted by molar-refractivity contribution is 0.0693. The molecule has 4 N–H and O–H groups in total. The van der Waals surface area contributed by atoms with Gasteiger partial charge in [0, 0.05) is 6.54 Å². The van der Waals surface area contributed by atoms with Gasteiger partial charge in [0.25, 0.3) is 0 Å². The second-order valence-corrected chi connectivity index (χ2v) is 8.96. The molecule has 162 valence electrons. The lowest BCUT2D eigenvalue weighted by Gasteiger charge is -2.12. The van der Waals surface area contributed by atoms with Crippen LogP contribution in [0.1, 0.15) is 27.6 Å². The van der Waals surface area contributed by atoms with E-state index in [-0.39, 0.29) is 9.79 Å². The van der Waals surface area contributed by atoms with E-state index in [2.05, 4.69) is 5.32 Å². The Bertz CT molecular complexity index is 1140. The predicted octanol–water partition coefficient (Wildman–Crippen LogP) is 2.79. The van der Waals surface area contributed by atoms with E-state index in [1.165, 1.54) is 18.2 Å². The molecule has 3 aromatic carbocycles. The molecule has 0 aromatic heterocycles. The molecule has 0 fully saturated rings. The van der Waals surface area contributed by atoms with Gasteiger partial charge in [0.1, 0.15) is 11.3 Å². The van der Waals surface area contributed by atoms with E-state index in [4.69, 9.17) is 5.11 Å². The SMILES string of the molecule is O=C(O)c1cc(S(=O)(=O)c2ccc(CCNC[C@H](O)c3ccccc3)cc2)ccc1O. The van der Waals surface area contributed by atoms with Gasteiger partial charge >= 0.3 is 5.97 Å². The number of carboxylic acid groups (broad SMARTS) is 1. The van der Waals surface area contributed by atoms with Gasteiger partial charge in [-0.3, -0.25) is 0 Å². The first-order valence-corrected chi connectivity index (χ1v) is 11.1. The number of sulfone groups is 1. The fourth-order valence-corrected chi connectivity index (χ4v) is 4.38. The van der Waals surface area contributed by atoms with E-state index in [9.17, 15) is 23.4 Å². The molecule has 0 amide bonds. The first-order valence-electron chi connectivity index (χ1n) is 9.63. The van der Waals surface area contributed by atoms with Crippen molar-refractivity contribution in [3.05, 3.63) is 89.5 Å². The van der Waals surface area contributed by atoms with Gasteiger partial charge in [0.05, 0.1) is 15.9 Å². The van der Waals surface area contributed by atoms with Crippen LogP contribution in [0.2, 0.25) is 0 Å². The van der Waals surface area contributed by atoms with Crippen LogP contribution in [0.4, 0.5) is 0 Å². The summed E-state index contributed by atoms with van der Waals surface area (Å²) in [5.41, 5.74) is 1.28. The summed E-state index contributed by atoms with van der Waals surface area (Å²) in [6, 6.07) is 18.9. The Morgan fingerprint density at radius 2 is 1.58 bits per heavy atom. The number of aliphatic hydroxyl groups is 1. The Morgan fingerprint density at radius 1 is 0.935 bits per heavy atom. The van der Waals surface area contributed by atoms with Crippen molar-refractivity contribution < 1.29 is 28.5 Å². The Balaban J connectivity index is 1.61. The summed E-state index contributed by atoms with van der Waals surface area (Å²) in [4.78, 5) is 11.0. The maximum atomic E-state index is 12.8. The molecule has 0 saturated carbocycles. The highest BCUT2D eigenvalue weighted by atomic mass is 32.2. The summed E-state index contributed by atoms with van der Waals surface area (Å²) < 4.78 is 25.6. The van der Waals surface area contributed by atoms with Gasteiger partial charge in [0.2, 0.25) is 9.84 Å². The number of benzene rings is 3. The number of phenols is 1. The fraction of sp³-hybridized carbons (Fsp3) is 0.174. The number of rotatable bonds is 9.